The Bertz CT molecular complexity index is 826. The molecule has 0 atom stereocenters. The molecule has 1 amide bonds. The van der Waals surface area contributed by atoms with Crippen LogP contribution in [0.2, 0.25) is 0 Å². The summed E-state index contributed by atoms with van der Waals surface area (Å²) in [7, 11) is 0. The van der Waals surface area contributed by atoms with E-state index >= 15 is 0 Å². The molecule has 3 nitrogen and oxygen atoms in total. The molecule has 2 aromatic carbocycles. The third kappa shape index (κ3) is 3.87. The zero-order chi connectivity index (χ0) is 17.0. The predicted molar refractivity (Wildman–Crippen MR) is 94.1 cm³/mol. The smallest absolute Gasteiger partial charge is 0.266 e. The lowest BCUT2D eigenvalue weighted by Crippen LogP contribution is -2.14. The van der Waals surface area contributed by atoms with Crippen LogP contribution in [0, 0.1) is 39.0 Å². The van der Waals surface area contributed by atoms with E-state index in [1.807, 2.05) is 70.2 Å². The van der Waals surface area contributed by atoms with Crippen molar-refractivity contribution in [1.29, 1.82) is 5.26 Å². The van der Waals surface area contributed by atoms with Crippen molar-refractivity contribution in [1.82, 2.24) is 0 Å². The van der Waals surface area contributed by atoms with Gasteiger partial charge in [-0.1, -0.05) is 35.9 Å². The summed E-state index contributed by atoms with van der Waals surface area (Å²) in [6, 6.07) is 13.7. The van der Waals surface area contributed by atoms with Crippen molar-refractivity contribution < 1.29 is 4.79 Å². The van der Waals surface area contributed by atoms with Crippen molar-refractivity contribution in [2.24, 2.45) is 0 Å². The van der Waals surface area contributed by atoms with Gasteiger partial charge in [0.25, 0.3) is 5.91 Å². The van der Waals surface area contributed by atoms with Crippen molar-refractivity contribution >= 4 is 17.7 Å². The van der Waals surface area contributed by atoms with Gasteiger partial charge in [-0.2, -0.15) is 5.26 Å². The maximum absolute atomic E-state index is 12.4. The summed E-state index contributed by atoms with van der Waals surface area (Å²) in [5, 5.41) is 12.2. The van der Waals surface area contributed by atoms with Gasteiger partial charge in [0.1, 0.15) is 11.6 Å². The van der Waals surface area contributed by atoms with E-state index in [-0.39, 0.29) is 11.5 Å². The van der Waals surface area contributed by atoms with Gasteiger partial charge in [0.05, 0.1) is 0 Å². The molecular formula is C20H20N2O. The molecule has 2 rings (SSSR count). The molecule has 0 radical (unpaired) electrons. The zero-order valence-electron chi connectivity index (χ0n) is 13.9. The summed E-state index contributed by atoms with van der Waals surface area (Å²) < 4.78 is 0. The lowest BCUT2D eigenvalue weighted by molar-refractivity contribution is -0.112. The van der Waals surface area contributed by atoms with E-state index in [4.69, 9.17) is 0 Å². The predicted octanol–water partition coefficient (Wildman–Crippen LogP) is 4.47. The molecule has 0 aliphatic carbocycles. The summed E-state index contributed by atoms with van der Waals surface area (Å²) in [4.78, 5) is 12.4. The Morgan fingerprint density at radius 2 is 1.83 bits per heavy atom. The lowest BCUT2D eigenvalue weighted by Gasteiger charge is -2.10. The molecule has 0 fully saturated rings. The maximum Gasteiger partial charge on any atom is 0.266 e. The average molecular weight is 304 g/mol. The Balaban J connectivity index is 2.32. The van der Waals surface area contributed by atoms with Crippen LogP contribution < -0.4 is 5.32 Å². The summed E-state index contributed by atoms with van der Waals surface area (Å²) in [5.74, 6) is -0.387. The topological polar surface area (TPSA) is 52.9 Å². The van der Waals surface area contributed by atoms with E-state index in [1.165, 1.54) is 0 Å². The van der Waals surface area contributed by atoms with Crippen LogP contribution in [-0.2, 0) is 4.79 Å². The molecule has 0 saturated heterocycles. The third-order valence-electron chi connectivity index (χ3n) is 3.95. The van der Waals surface area contributed by atoms with Gasteiger partial charge in [0.15, 0.2) is 0 Å². The molecule has 0 aromatic heterocycles. The fraction of sp³-hybridized carbons (Fsp3) is 0.200. The van der Waals surface area contributed by atoms with Gasteiger partial charge in [0, 0.05) is 5.69 Å². The Labute approximate surface area is 137 Å². The zero-order valence-corrected chi connectivity index (χ0v) is 13.9. The Kier molecular flexibility index (Phi) is 4.98. The number of nitrogens with one attached hydrogen (secondary N) is 1. The molecule has 2 aromatic rings. The number of nitrogens with zero attached hydrogens (tertiary/aromatic N) is 1. The number of nitriles is 1. The Hall–Kier alpha value is -2.86. The molecule has 23 heavy (non-hydrogen) atoms. The third-order valence-corrected chi connectivity index (χ3v) is 3.95. The van der Waals surface area contributed by atoms with Crippen molar-refractivity contribution in [2.75, 3.05) is 5.32 Å². The van der Waals surface area contributed by atoms with Crippen LogP contribution >= 0.6 is 0 Å². The largest absolute Gasteiger partial charge is 0.321 e. The van der Waals surface area contributed by atoms with Crippen molar-refractivity contribution in [2.45, 2.75) is 27.7 Å². The molecule has 0 spiro atoms. The molecule has 0 saturated carbocycles. The number of carbonyl (C=O) groups is 1. The first-order chi connectivity index (χ1) is 10.9. The summed E-state index contributed by atoms with van der Waals surface area (Å²) >= 11 is 0. The van der Waals surface area contributed by atoms with Crippen LogP contribution in [0.25, 0.3) is 6.08 Å². The van der Waals surface area contributed by atoms with Gasteiger partial charge in [-0.3, -0.25) is 4.79 Å². The molecule has 0 unspecified atom stereocenters. The number of benzene rings is 2. The summed E-state index contributed by atoms with van der Waals surface area (Å²) in [5.41, 5.74) is 5.94. The second kappa shape index (κ2) is 6.93. The lowest BCUT2D eigenvalue weighted by atomic mass is 10.0. The van der Waals surface area contributed by atoms with E-state index in [0.717, 1.165) is 33.5 Å². The first-order valence-corrected chi connectivity index (χ1v) is 7.49. The number of hydrogen-bond acceptors (Lipinski definition) is 2. The molecule has 0 aliphatic rings. The van der Waals surface area contributed by atoms with Crippen LogP contribution in [0.3, 0.4) is 0 Å². The Morgan fingerprint density at radius 1 is 1.09 bits per heavy atom. The fourth-order valence-electron chi connectivity index (χ4n) is 2.30. The van der Waals surface area contributed by atoms with Crippen LogP contribution in [0.15, 0.2) is 42.0 Å². The van der Waals surface area contributed by atoms with Crippen LogP contribution in [0.5, 0.6) is 0 Å². The highest BCUT2D eigenvalue weighted by Gasteiger charge is 2.12. The quantitative estimate of drug-likeness (QED) is 0.672. The molecule has 116 valence electrons. The first kappa shape index (κ1) is 16.5. The molecule has 0 bridgehead atoms. The van der Waals surface area contributed by atoms with Gasteiger partial charge < -0.3 is 5.32 Å². The molecular weight excluding hydrogens is 284 g/mol. The fourth-order valence-corrected chi connectivity index (χ4v) is 2.30. The van der Waals surface area contributed by atoms with Crippen LogP contribution in [0.4, 0.5) is 5.69 Å². The highest BCUT2D eigenvalue weighted by atomic mass is 16.1. The van der Waals surface area contributed by atoms with Gasteiger partial charge in [-0.15, -0.1) is 0 Å². The second-order valence-corrected chi connectivity index (χ2v) is 5.73. The monoisotopic (exact) mass is 304 g/mol. The first-order valence-electron chi connectivity index (χ1n) is 7.49. The van der Waals surface area contributed by atoms with Gasteiger partial charge in [-0.05, 0) is 62.1 Å². The minimum Gasteiger partial charge on any atom is -0.321 e. The van der Waals surface area contributed by atoms with E-state index in [1.54, 1.807) is 6.08 Å². The Morgan fingerprint density at radius 3 is 2.52 bits per heavy atom. The van der Waals surface area contributed by atoms with Gasteiger partial charge >= 0.3 is 0 Å². The van der Waals surface area contributed by atoms with Gasteiger partial charge in [-0.25, -0.2) is 0 Å². The van der Waals surface area contributed by atoms with E-state index < -0.39 is 0 Å². The second-order valence-electron chi connectivity index (χ2n) is 5.73. The van der Waals surface area contributed by atoms with Crippen molar-refractivity contribution in [3.63, 3.8) is 0 Å². The van der Waals surface area contributed by atoms with E-state index in [9.17, 15) is 10.1 Å². The number of carbonyl (C=O) groups excluding carboxylic acids is 1. The van der Waals surface area contributed by atoms with E-state index in [2.05, 4.69) is 5.32 Å². The molecule has 3 heteroatoms. The normalized spacial score (nSPS) is 11.0. The number of rotatable bonds is 3. The number of anilines is 1. The van der Waals surface area contributed by atoms with E-state index in [0.29, 0.717) is 0 Å². The number of hydrogen-bond donors (Lipinski definition) is 1. The maximum atomic E-state index is 12.4. The van der Waals surface area contributed by atoms with Gasteiger partial charge in [0.2, 0.25) is 0 Å². The molecule has 1 N–H and O–H groups in total. The highest BCUT2D eigenvalue weighted by Crippen LogP contribution is 2.20. The average Bonchev–Trinajstić information content (AvgIpc) is 2.52. The van der Waals surface area contributed by atoms with Crippen molar-refractivity contribution in [3.05, 3.63) is 69.8 Å². The SMILES string of the molecule is Cc1ccc(C)c(/C=C(\C#N)C(=O)Nc2cccc(C)c2C)c1. The van der Waals surface area contributed by atoms with Crippen LogP contribution in [0.1, 0.15) is 27.8 Å². The standard InChI is InChI=1S/C20H20N2O/c1-13-8-9-15(3)17(10-13)11-18(12-21)20(23)22-19-7-5-6-14(2)16(19)4/h5-11H,1-4H3,(H,22,23)/b18-11+. The number of aryl methyl sites for hydroxylation is 3. The highest BCUT2D eigenvalue weighted by molar-refractivity contribution is 6.10. The molecule has 0 aliphatic heterocycles. The molecule has 0 heterocycles. The minimum atomic E-state index is -0.387. The van der Waals surface area contributed by atoms with Crippen molar-refractivity contribution in [3.8, 4) is 6.07 Å². The van der Waals surface area contributed by atoms with Crippen LogP contribution in [-0.4, -0.2) is 5.91 Å². The minimum absolute atomic E-state index is 0.0969. The summed E-state index contributed by atoms with van der Waals surface area (Å²) in [6.45, 7) is 7.88. The summed E-state index contributed by atoms with van der Waals surface area (Å²) in [6.07, 6.45) is 1.64. The number of amides is 1.